The Bertz CT molecular complexity index is 693. The number of carbonyl (C=O) groups is 1. The molecule has 0 spiro atoms. The summed E-state index contributed by atoms with van der Waals surface area (Å²) in [6.07, 6.45) is 0. The van der Waals surface area contributed by atoms with Crippen LogP contribution in [-0.2, 0) is 4.79 Å². The lowest BCUT2D eigenvalue weighted by atomic mass is 10.0. The van der Waals surface area contributed by atoms with E-state index >= 15 is 0 Å². The second-order valence-corrected chi connectivity index (χ2v) is 6.40. The van der Waals surface area contributed by atoms with Gasteiger partial charge in [0.1, 0.15) is 5.75 Å². The smallest absolute Gasteiger partial charge is 0.262 e. The van der Waals surface area contributed by atoms with E-state index in [1.807, 2.05) is 50.2 Å². The summed E-state index contributed by atoms with van der Waals surface area (Å²) < 4.78 is 5.72. The van der Waals surface area contributed by atoms with Crippen LogP contribution in [0.4, 0.5) is 5.69 Å². The first-order valence-electron chi connectivity index (χ1n) is 7.66. The molecule has 0 bridgehead atoms. The van der Waals surface area contributed by atoms with Gasteiger partial charge in [0.2, 0.25) is 0 Å². The van der Waals surface area contributed by atoms with Crippen molar-refractivity contribution in [2.75, 3.05) is 11.9 Å². The van der Waals surface area contributed by atoms with Crippen molar-refractivity contribution in [3.8, 4) is 5.75 Å². The van der Waals surface area contributed by atoms with Gasteiger partial charge < -0.3 is 10.1 Å². The monoisotopic (exact) mass is 331 g/mol. The molecule has 2 aromatic rings. The number of ether oxygens (including phenoxy) is 1. The molecule has 2 rings (SSSR count). The molecule has 2 aromatic carbocycles. The van der Waals surface area contributed by atoms with Gasteiger partial charge in [-0.05, 0) is 55.2 Å². The zero-order valence-electron chi connectivity index (χ0n) is 13.9. The summed E-state index contributed by atoms with van der Waals surface area (Å²) in [6.45, 7) is 8.03. The minimum Gasteiger partial charge on any atom is -0.483 e. The number of carbonyl (C=O) groups excluding carboxylic acids is 1. The van der Waals surface area contributed by atoms with Crippen LogP contribution >= 0.6 is 11.6 Å². The molecule has 0 atom stereocenters. The van der Waals surface area contributed by atoms with Gasteiger partial charge in [0.15, 0.2) is 6.61 Å². The molecule has 0 aliphatic carbocycles. The van der Waals surface area contributed by atoms with Gasteiger partial charge in [-0.25, -0.2) is 0 Å². The van der Waals surface area contributed by atoms with Crippen LogP contribution in [0.2, 0.25) is 5.02 Å². The van der Waals surface area contributed by atoms with E-state index < -0.39 is 0 Å². The van der Waals surface area contributed by atoms with Crippen molar-refractivity contribution < 1.29 is 9.53 Å². The molecule has 23 heavy (non-hydrogen) atoms. The highest BCUT2D eigenvalue weighted by Gasteiger charge is 2.12. The maximum absolute atomic E-state index is 12.0. The zero-order valence-corrected chi connectivity index (χ0v) is 14.7. The van der Waals surface area contributed by atoms with E-state index in [9.17, 15) is 4.79 Å². The number of nitrogens with one attached hydrogen (secondary N) is 1. The van der Waals surface area contributed by atoms with Crippen LogP contribution in [0.25, 0.3) is 0 Å². The summed E-state index contributed by atoms with van der Waals surface area (Å²) in [5.41, 5.74) is 3.85. The normalized spacial score (nSPS) is 10.7. The van der Waals surface area contributed by atoms with Gasteiger partial charge in [0.05, 0.1) is 0 Å². The van der Waals surface area contributed by atoms with Gasteiger partial charge in [-0.2, -0.15) is 0 Å². The third-order valence-corrected chi connectivity index (χ3v) is 4.01. The zero-order chi connectivity index (χ0) is 17.0. The molecule has 0 saturated heterocycles. The molecular weight excluding hydrogens is 310 g/mol. The number of benzene rings is 2. The molecule has 4 heteroatoms. The number of amides is 1. The predicted molar refractivity (Wildman–Crippen MR) is 95.6 cm³/mol. The lowest BCUT2D eigenvalue weighted by Crippen LogP contribution is -2.20. The largest absolute Gasteiger partial charge is 0.483 e. The highest BCUT2D eigenvalue weighted by Crippen LogP contribution is 2.32. The lowest BCUT2D eigenvalue weighted by Gasteiger charge is -2.16. The maximum atomic E-state index is 12.0. The van der Waals surface area contributed by atoms with E-state index in [1.54, 1.807) is 0 Å². The Balaban J connectivity index is 2.04. The Morgan fingerprint density at radius 3 is 2.43 bits per heavy atom. The molecule has 0 unspecified atom stereocenters. The number of halogens is 1. The number of anilines is 1. The number of aryl methyl sites for hydroxylation is 2. The molecule has 0 aliphatic heterocycles. The van der Waals surface area contributed by atoms with Gasteiger partial charge >= 0.3 is 0 Å². The fraction of sp³-hybridized carbons (Fsp3) is 0.316. The Morgan fingerprint density at radius 1 is 1.17 bits per heavy atom. The molecule has 122 valence electrons. The van der Waals surface area contributed by atoms with Crippen molar-refractivity contribution in [3.63, 3.8) is 0 Å². The molecule has 1 amide bonds. The van der Waals surface area contributed by atoms with Crippen molar-refractivity contribution in [2.24, 2.45) is 0 Å². The van der Waals surface area contributed by atoms with E-state index in [0.29, 0.717) is 10.8 Å². The fourth-order valence-electron chi connectivity index (χ4n) is 2.22. The molecule has 0 heterocycles. The summed E-state index contributed by atoms with van der Waals surface area (Å²) in [5, 5.41) is 3.54. The second-order valence-electron chi connectivity index (χ2n) is 6.00. The van der Waals surface area contributed by atoms with Crippen LogP contribution in [0, 0.1) is 13.8 Å². The molecule has 3 nitrogen and oxygen atoms in total. The molecule has 0 radical (unpaired) electrons. The summed E-state index contributed by atoms with van der Waals surface area (Å²) in [5.74, 6) is 0.792. The van der Waals surface area contributed by atoms with E-state index in [-0.39, 0.29) is 18.4 Å². The van der Waals surface area contributed by atoms with Crippen LogP contribution in [0.15, 0.2) is 36.4 Å². The molecular formula is C19H22ClNO2. The first kappa shape index (κ1) is 17.4. The van der Waals surface area contributed by atoms with Crippen molar-refractivity contribution in [3.05, 3.63) is 58.1 Å². The van der Waals surface area contributed by atoms with Crippen molar-refractivity contribution in [1.29, 1.82) is 0 Å². The molecule has 0 aromatic heterocycles. The van der Waals surface area contributed by atoms with Gasteiger partial charge in [-0.15, -0.1) is 0 Å². The third kappa shape index (κ3) is 4.73. The lowest BCUT2D eigenvalue weighted by molar-refractivity contribution is -0.118. The van der Waals surface area contributed by atoms with Crippen LogP contribution in [0.3, 0.4) is 0 Å². The minimum absolute atomic E-state index is 0.0331. The molecule has 0 fully saturated rings. The number of hydrogen-bond acceptors (Lipinski definition) is 2. The fourth-order valence-corrected chi connectivity index (χ4v) is 2.40. The minimum atomic E-state index is -0.184. The van der Waals surface area contributed by atoms with Crippen LogP contribution in [0.5, 0.6) is 5.75 Å². The predicted octanol–water partition coefficient (Wildman–Crippen LogP) is 5.10. The van der Waals surface area contributed by atoms with Gasteiger partial charge in [-0.1, -0.05) is 43.1 Å². The third-order valence-electron chi connectivity index (χ3n) is 3.61. The Morgan fingerprint density at radius 2 is 1.83 bits per heavy atom. The highest BCUT2D eigenvalue weighted by molar-refractivity contribution is 6.31. The van der Waals surface area contributed by atoms with E-state index in [2.05, 4.69) is 19.2 Å². The average Bonchev–Trinajstić information content (AvgIpc) is 2.50. The topological polar surface area (TPSA) is 38.3 Å². The Hall–Kier alpha value is -2.00. The Kier molecular flexibility index (Phi) is 5.67. The van der Waals surface area contributed by atoms with E-state index in [4.69, 9.17) is 16.3 Å². The van der Waals surface area contributed by atoms with Gasteiger partial charge in [0, 0.05) is 10.7 Å². The number of rotatable bonds is 5. The Labute approximate surface area is 142 Å². The van der Waals surface area contributed by atoms with Crippen LogP contribution in [0.1, 0.15) is 36.5 Å². The van der Waals surface area contributed by atoms with Crippen molar-refractivity contribution in [1.82, 2.24) is 0 Å². The van der Waals surface area contributed by atoms with E-state index in [1.165, 1.54) is 0 Å². The van der Waals surface area contributed by atoms with Crippen molar-refractivity contribution >= 4 is 23.2 Å². The first-order valence-corrected chi connectivity index (χ1v) is 8.04. The molecule has 0 saturated carbocycles. The SMILES string of the molecule is Cc1ccc(NC(=O)COc2cc(C)c(Cl)cc2C(C)C)cc1. The summed E-state index contributed by atoms with van der Waals surface area (Å²) in [7, 11) is 0. The molecule has 0 aliphatic rings. The maximum Gasteiger partial charge on any atom is 0.262 e. The average molecular weight is 332 g/mol. The first-order chi connectivity index (χ1) is 10.9. The standard InChI is InChI=1S/C19H22ClNO2/c1-12(2)16-10-17(20)14(4)9-18(16)23-11-19(22)21-15-7-5-13(3)6-8-15/h5-10,12H,11H2,1-4H3,(H,21,22). The highest BCUT2D eigenvalue weighted by atomic mass is 35.5. The second kappa shape index (κ2) is 7.51. The number of hydrogen-bond donors (Lipinski definition) is 1. The molecule has 1 N–H and O–H groups in total. The van der Waals surface area contributed by atoms with E-state index in [0.717, 1.165) is 22.4 Å². The van der Waals surface area contributed by atoms with Crippen molar-refractivity contribution in [2.45, 2.75) is 33.6 Å². The summed E-state index contributed by atoms with van der Waals surface area (Å²) in [4.78, 5) is 12.0. The quantitative estimate of drug-likeness (QED) is 0.828. The van der Waals surface area contributed by atoms with Gasteiger partial charge in [-0.3, -0.25) is 4.79 Å². The van der Waals surface area contributed by atoms with Crippen LogP contribution < -0.4 is 10.1 Å². The summed E-state index contributed by atoms with van der Waals surface area (Å²) in [6, 6.07) is 11.5. The van der Waals surface area contributed by atoms with Gasteiger partial charge in [0.25, 0.3) is 5.91 Å². The summed E-state index contributed by atoms with van der Waals surface area (Å²) >= 11 is 6.18. The van der Waals surface area contributed by atoms with Crippen LogP contribution in [-0.4, -0.2) is 12.5 Å².